The van der Waals surface area contributed by atoms with Crippen LogP contribution in [0.25, 0.3) is 33.9 Å². The molecule has 0 amide bonds. The number of aromatic nitrogens is 4. The standard InChI is InChI=1S/C14H8ClN4O3/c15-10-4-1-8(2-5-10)13-16-14(21-18-13)9-3-6-12-11(7-9)17-22-19(12)20/h1-7,20H/q+1. The van der Waals surface area contributed by atoms with Crippen LogP contribution in [0.4, 0.5) is 0 Å². The molecule has 0 saturated heterocycles. The lowest BCUT2D eigenvalue weighted by molar-refractivity contribution is -1.02. The number of rotatable bonds is 2. The Labute approximate surface area is 128 Å². The van der Waals surface area contributed by atoms with Crippen LogP contribution >= 0.6 is 11.6 Å². The SMILES string of the molecule is O[n+]1onc2cc(-c3nc(-c4ccc(Cl)cc4)no3)ccc21. The molecule has 7 nitrogen and oxygen atoms in total. The fourth-order valence-corrected chi connectivity index (χ4v) is 2.20. The van der Waals surface area contributed by atoms with E-state index in [1.54, 1.807) is 30.3 Å². The summed E-state index contributed by atoms with van der Waals surface area (Å²) >= 11 is 5.86. The van der Waals surface area contributed by atoms with Gasteiger partial charge in [0, 0.05) is 22.2 Å². The first-order valence-electron chi connectivity index (χ1n) is 6.32. The van der Waals surface area contributed by atoms with Crippen molar-refractivity contribution in [1.82, 2.24) is 15.3 Å². The molecule has 0 bridgehead atoms. The topological polar surface area (TPSA) is 89.1 Å². The lowest BCUT2D eigenvalue weighted by Gasteiger charge is -1.93. The van der Waals surface area contributed by atoms with Crippen LogP contribution in [-0.4, -0.2) is 20.5 Å². The first kappa shape index (κ1) is 12.8. The van der Waals surface area contributed by atoms with Gasteiger partial charge in [-0.2, -0.15) is 4.98 Å². The van der Waals surface area contributed by atoms with Crippen LogP contribution in [0.5, 0.6) is 0 Å². The predicted octanol–water partition coefficient (Wildman–Crippen LogP) is 2.72. The molecule has 2 aromatic heterocycles. The third-order valence-electron chi connectivity index (χ3n) is 3.17. The Morgan fingerprint density at radius 2 is 1.77 bits per heavy atom. The molecule has 0 aliphatic heterocycles. The second-order valence-corrected chi connectivity index (χ2v) is 5.02. The molecule has 0 fully saturated rings. The molecule has 4 rings (SSSR count). The van der Waals surface area contributed by atoms with Gasteiger partial charge in [0.25, 0.3) is 16.9 Å². The maximum absolute atomic E-state index is 9.37. The van der Waals surface area contributed by atoms with Crippen molar-refractivity contribution >= 4 is 22.6 Å². The van der Waals surface area contributed by atoms with Crippen molar-refractivity contribution < 1.29 is 19.3 Å². The van der Waals surface area contributed by atoms with E-state index in [1.807, 2.05) is 12.1 Å². The van der Waals surface area contributed by atoms with Crippen LogP contribution in [0.2, 0.25) is 5.02 Å². The molecule has 2 aromatic carbocycles. The highest BCUT2D eigenvalue weighted by Crippen LogP contribution is 2.24. The number of fused-ring (bicyclic) bond motifs is 1. The van der Waals surface area contributed by atoms with E-state index < -0.39 is 0 Å². The minimum Gasteiger partial charge on any atom is -0.334 e. The first-order valence-corrected chi connectivity index (χ1v) is 6.70. The lowest BCUT2D eigenvalue weighted by Crippen LogP contribution is -2.26. The van der Waals surface area contributed by atoms with E-state index in [0.717, 1.165) is 5.56 Å². The summed E-state index contributed by atoms with van der Waals surface area (Å²) in [6.45, 7) is 0. The van der Waals surface area contributed by atoms with Crippen LogP contribution in [0.1, 0.15) is 0 Å². The summed E-state index contributed by atoms with van der Waals surface area (Å²) in [6, 6.07) is 12.2. The van der Waals surface area contributed by atoms with Gasteiger partial charge in [-0.15, -0.1) is 0 Å². The Bertz CT molecular complexity index is 962. The highest BCUT2D eigenvalue weighted by atomic mass is 35.5. The average molecular weight is 316 g/mol. The molecule has 4 aromatic rings. The Kier molecular flexibility index (Phi) is 2.80. The summed E-state index contributed by atoms with van der Waals surface area (Å²) in [4.78, 5) is 4.93. The molecular weight excluding hydrogens is 308 g/mol. The summed E-state index contributed by atoms with van der Waals surface area (Å²) in [5.74, 6) is 0.809. The van der Waals surface area contributed by atoms with Crippen LogP contribution in [-0.2, 0) is 0 Å². The summed E-state index contributed by atoms with van der Waals surface area (Å²) < 4.78 is 9.90. The number of nitrogens with zero attached hydrogens (tertiary/aromatic N) is 4. The Hall–Kier alpha value is -2.93. The van der Waals surface area contributed by atoms with Crippen LogP contribution in [0.3, 0.4) is 0 Å². The monoisotopic (exact) mass is 315 g/mol. The molecule has 0 radical (unpaired) electrons. The highest BCUT2D eigenvalue weighted by Gasteiger charge is 2.18. The molecule has 8 heteroatoms. The Morgan fingerprint density at radius 1 is 1.00 bits per heavy atom. The van der Waals surface area contributed by atoms with E-state index in [9.17, 15) is 5.21 Å². The van der Waals surface area contributed by atoms with Crippen molar-refractivity contribution in [2.45, 2.75) is 0 Å². The zero-order valence-electron chi connectivity index (χ0n) is 11.0. The lowest BCUT2D eigenvalue weighted by atomic mass is 10.2. The van der Waals surface area contributed by atoms with E-state index >= 15 is 0 Å². The van der Waals surface area contributed by atoms with Crippen molar-refractivity contribution in [3.05, 3.63) is 47.5 Å². The van der Waals surface area contributed by atoms with Crippen LogP contribution < -0.4 is 4.90 Å². The molecule has 0 spiro atoms. The van der Waals surface area contributed by atoms with Gasteiger partial charge < -0.3 is 9.73 Å². The number of hydrogen-bond acceptors (Lipinski definition) is 6. The fourth-order valence-electron chi connectivity index (χ4n) is 2.07. The van der Waals surface area contributed by atoms with E-state index in [-0.39, 0.29) is 0 Å². The molecule has 0 saturated carbocycles. The Balaban J connectivity index is 1.74. The van der Waals surface area contributed by atoms with E-state index in [4.69, 9.17) is 16.1 Å². The molecular formula is C14H8ClN4O3+. The van der Waals surface area contributed by atoms with Gasteiger partial charge >= 0.3 is 0 Å². The van der Waals surface area contributed by atoms with Crippen molar-refractivity contribution in [2.75, 3.05) is 0 Å². The minimum absolute atomic E-state index is 0.347. The van der Waals surface area contributed by atoms with Gasteiger partial charge in [0.1, 0.15) is 4.90 Å². The van der Waals surface area contributed by atoms with Crippen LogP contribution in [0.15, 0.2) is 51.6 Å². The van der Waals surface area contributed by atoms with Gasteiger partial charge in [0.05, 0.1) is 0 Å². The van der Waals surface area contributed by atoms with Gasteiger partial charge in [-0.1, -0.05) is 16.8 Å². The fraction of sp³-hybridized carbons (Fsp3) is 0. The zero-order chi connectivity index (χ0) is 15.1. The number of benzene rings is 2. The van der Waals surface area contributed by atoms with Gasteiger partial charge in [-0.25, -0.2) is 0 Å². The summed E-state index contributed by atoms with van der Waals surface area (Å²) in [7, 11) is 0. The molecule has 108 valence electrons. The van der Waals surface area contributed by atoms with Crippen molar-refractivity contribution in [3.63, 3.8) is 0 Å². The zero-order valence-corrected chi connectivity index (χ0v) is 11.7. The smallest absolute Gasteiger partial charge is 0.279 e. The summed E-state index contributed by atoms with van der Waals surface area (Å²) in [5.41, 5.74) is 2.40. The van der Waals surface area contributed by atoms with Gasteiger partial charge in [0.2, 0.25) is 5.82 Å². The predicted molar refractivity (Wildman–Crippen MR) is 75.1 cm³/mol. The molecule has 22 heavy (non-hydrogen) atoms. The molecule has 0 aliphatic carbocycles. The highest BCUT2D eigenvalue weighted by molar-refractivity contribution is 6.30. The third-order valence-corrected chi connectivity index (χ3v) is 3.43. The first-order chi connectivity index (χ1) is 10.7. The summed E-state index contributed by atoms with van der Waals surface area (Å²) in [6.07, 6.45) is 0. The quantitative estimate of drug-likeness (QED) is 0.572. The molecule has 0 aliphatic rings. The molecule has 1 N–H and O–H groups in total. The molecule has 0 unspecified atom stereocenters. The minimum atomic E-state index is 0.347. The third kappa shape index (κ3) is 2.08. The van der Waals surface area contributed by atoms with Crippen molar-refractivity contribution in [2.24, 2.45) is 0 Å². The molecule has 0 atom stereocenters. The largest absolute Gasteiger partial charge is 0.334 e. The van der Waals surface area contributed by atoms with E-state index in [2.05, 4.69) is 19.9 Å². The number of hydrogen-bond donors (Lipinski definition) is 1. The maximum Gasteiger partial charge on any atom is 0.279 e. The van der Waals surface area contributed by atoms with E-state index in [0.29, 0.717) is 38.2 Å². The van der Waals surface area contributed by atoms with Crippen LogP contribution in [0, 0.1) is 0 Å². The summed E-state index contributed by atoms with van der Waals surface area (Å²) in [5, 5.41) is 17.7. The maximum atomic E-state index is 9.37. The van der Waals surface area contributed by atoms with E-state index in [1.165, 1.54) is 0 Å². The second kappa shape index (κ2) is 4.81. The second-order valence-electron chi connectivity index (χ2n) is 4.58. The number of halogens is 1. The van der Waals surface area contributed by atoms with Crippen molar-refractivity contribution in [1.29, 1.82) is 0 Å². The van der Waals surface area contributed by atoms with Gasteiger partial charge in [0.15, 0.2) is 5.16 Å². The average Bonchev–Trinajstić information content (AvgIpc) is 3.15. The van der Waals surface area contributed by atoms with Gasteiger partial charge in [-0.3, -0.25) is 0 Å². The van der Waals surface area contributed by atoms with Crippen molar-refractivity contribution in [3.8, 4) is 22.8 Å². The van der Waals surface area contributed by atoms with Gasteiger partial charge in [-0.05, 0) is 41.0 Å². The normalized spacial score (nSPS) is 11.1. The molecule has 2 heterocycles. The Morgan fingerprint density at radius 3 is 2.59 bits per heavy atom.